The number of nitrogens with one attached hydrogen (secondary N) is 1. The number of carbonyl (C=O) groups excluding carboxylic acids is 2. The van der Waals surface area contributed by atoms with E-state index in [4.69, 9.17) is 4.74 Å². The molecule has 0 spiro atoms. The van der Waals surface area contributed by atoms with Crippen LogP contribution in [0.15, 0.2) is 31.0 Å². The maximum Gasteiger partial charge on any atom is 0.246 e. The van der Waals surface area contributed by atoms with Gasteiger partial charge in [-0.1, -0.05) is 6.58 Å². The van der Waals surface area contributed by atoms with Crippen LogP contribution in [0.25, 0.3) is 0 Å². The average molecular weight is 303 g/mol. The van der Waals surface area contributed by atoms with E-state index in [2.05, 4.69) is 16.9 Å². The number of aromatic nitrogens is 1. The summed E-state index contributed by atoms with van der Waals surface area (Å²) in [5, 5.41) is 2.73. The summed E-state index contributed by atoms with van der Waals surface area (Å²) in [5.74, 6) is 0.247. The van der Waals surface area contributed by atoms with Crippen LogP contribution in [-0.2, 0) is 16.1 Å². The number of nitrogens with zero attached hydrogens (tertiary/aromatic N) is 2. The lowest BCUT2D eigenvalue weighted by atomic mass is 9.96. The highest BCUT2D eigenvalue weighted by atomic mass is 16.5. The van der Waals surface area contributed by atoms with E-state index in [-0.39, 0.29) is 18.4 Å². The first kappa shape index (κ1) is 16.0. The van der Waals surface area contributed by atoms with Gasteiger partial charge in [-0.3, -0.25) is 14.6 Å². The Bertz CT molecular complexity index is 555. The van der Waals surface area contributed by atoms with Gasteiger partial charge in [0.05, 0.1) is 24.9 Å². The molecule has 22 heavy (non-hydrogen) atoms. The van der Waals surface area contributed by atoms with Crippen LogP contribution < -0.4 is 10.1 Å². The lowest BCUT2D eigenvalue weighted by Gasteiger charge is -2.26. The predicted molar refractivity (Wildman–Crippen MR) is 82.2 cm³/mol. The standard InChI is InChI=1S/C16H21N3O3/c1-3-16(21)19(2)11-15(20)18-10-12-9-14(7-8-17-12)22-13-5-4-6-13/h3,7-9,13H,1,4-6,10-11H2,2H3,(H,18,20). The molecule has 0 bridgehead atoms. The molecule has 0 atom stereocenters. The lowest BCUT2D eigenvalue weighted by molar-refractivity contribution is -0.131. The summed E-state index contributed by atoms with van der Waals surface area (Å²) in [6.07, 6.45) is 6.56. The zero-order valence-corrected chi connectivity index (χ0v) is 12.7. The van der Waals surface area contributed by atoms with Crippen LogP contribution in [-0.4, -0.2) is 41.4 Å². The molecule has 118 valence electrons. The number of hydrogen-bond donors (Lipinski definition) is 1. The SMILES string of the molecule is C=CC(=O)N(C)CC(=O)NCc1cc(OC2CCC2)ccn1. The maximum absolute atomic E-state index is 11.8. The lowest BCUT2D eigenvalue weighted by Crippen LogP contribution is -2.37. The highest BCUT2D eigenvalue weighted by molar-refractivity contribution is 5.90. The van der Waals surface area contributed by atoms with Crippen molar-refractivity contribution >= 4 is 11.8 Å². The van der Waals surface area contributed by atoms with Gasteiger partial charge in [0.25, 0.3) is 0 Å². The van der Waals surface area contributed by atoms with Crippen LogP contribution in [0, 0.1) is 0 Å². The summed E-state index contributed by atoms with van der Waals surface area (Å²) < 4.78 is 5.79. The topological polar surface area (TPSA) is 71.5 Å². The normalized spacial score (nSPS) is 13.9. The summed E-state index contributed by atoms with van der Waals surface area (Å²) in [5.41, 5.74) is 0.725. The van der Waals surface area contributed by atoms with E-state index in [1.165, 1.54) is 17.4 Å². The monoisotopic (exact) mass is 303 g/mol. The minimum atomic E-state index is -0.288. The van der Waals surface area contributed by atoms with Gasteiger partial charge in [0.1, 0.15) is 5.75 Å². The summed E-state index contributed by atoms with van der Waals surface area (Å²) in [6.45, 7) is 3.67. The molecule has 6 heteroatoms. The highest BCUT2D eigenvalue weighted by Gasteiger charge is 2.19. The van der Waals surface area contributed by atoms with Crippen LogP contribution in [0.2, 0.25) is 0 Å². The second-order valence-corrected chi connectivity index (χ2v) is 5.33. The van der Waals surface area contributed by atoms with Crippen molar-refractivity contribution in [1.29, 1.82) is 0 Å². The second kappa shape index (κ2) is 7.59. The van der Waals surface area contributed by atoms with Gasteiger partial charge in [-0.05, 0) is 31.4 Å². The number of rotatable bonds is 7. The Morgan fingerprint density at radius 2 is 2.32 bits per heavy atom. The molecule has 0 radical (unpaired) electrons. The van der Waals surface area contributed by atoms with E-state index in [1.54, 1.807) is 13.2 Å². The zero-order chi connectivity index (χ0) is 15.9. The van der Waals surface area contributed by atoms with Gasteiger partial charge in [0.2, 0.25) is 11.8 Å². The van der Waals surface area contributed by atoms with Crippen molar-refractivity contribution in [2.75, 3.05) is 13.6 Å². The Hall–Kier alpha value is -2.37. The molecular weight excluding hydrogens is 282 g/mol. The van der Waals surface area contributed by atoms with E-state index in [0.29, 0.717) is 12.6 Å². The predicted octanol–water partition coefficient (Wildman–Crippen LogP) is 1.27. The number of pyridine rings is 1. The fraction of sp³-hybridized carbons (Fsp3) is 0.438. The Balaban J connectivity index is 1.80. The summed E-state index contributed by atoms with van der Waals surface area (Å²) in [4.78, 5) is 28.6. The van der Waals surface area contributed by atoms with E-state index in [1.807, 2.05) is 12.1 Å². The zero-order valence-electron chi connectivity index (χ0n) is 12.7. The largest absolute Gasteiger partial charge is 0.490 e. The van der Waals surface area contributed by atoms with E-state index >= 15 is 0 Å². The van der Waals surface area contributed by atoms with Gasteiger partial charge in [-0.15, -0.1) is 0 Å². The van der Waals surface area contributed by atoms with Crippen LogP contribution in [0.3, 0.4) is 0 Å². The third-order valence-electron chi connectivity index (χ3n) is 3.54. The third kappa shape index (κ3) is 4.58. The van der Waals surface area contributed by atoms with Crippen LogP contribution in [0.1, 0.15) is 25.0 Å². The quantitative estimate of drug-likeness (QED) is 0.770. The molecule has 0 aliphatic heterocycles. The number of carbonyl (C=O) groups is 2. The fourth-order valence-electron chi connectivity index (χ4n) is 2.00. The van der Waals surface area contributed by atoms with Gasteiger partial charge in [-0.25, -0.2) is 0 Å². The molecule has 6 nitrogen and oxygen atoms in total. The molecule has 1 aliphatic rings. The number of likely N-dealkylation sites (N-methyl/N-ethyl adjacent to an activating group) is 1. The van der Waals surface area contributed by atoms with E-state index < -0.39 is 0 Å². The Labute approximate surface area is 130 Å². The molecular formula is C16H21N3O3. The van der Waals surface area contributed by atoms with Crippen molar-refractivity contribution in [1.82, 2.24) is 15.2 Å². The molecule has 1 heterocycles. The molecule has 1 aromatic rings. The molecule has 1 fully saturated rings. The number of ether oxygens (including phenoxy) is 1. The fourth-order valence-corrected chi connectivity index (χ4v) is 2.00. The van der Waals surface area contributed by atoms with Crippen molar-refractivity contribution in [2.45, 2.75) is 31.9 Å². The molecule has 0 aromatic carbocycles. The molecule has 1 saturated carbocycles. The van der Waals surface area contributed by atoms with Crippen LogP contribution in [0.5, 0.6) is 5.75 Å². The average Bonchev–Trinajstić information content (AvgIpc) is 2.48. The van der Waals surface area contributed by atoms with Gasteiger partial charge in [-0.2, -0.15) is 0 Å². The minimum absolute atomic E-state index is 0.0108. The van der Waals surface area contributed by atoms with Crippen molar-refractivity contribution in [3.63, 3.8) is 0 Å². The third-order valence-corrected chi connectivity index (χ3v) is 3.54. The van der Waals surface area contributed by atoms with E-state index in [9.17, 15) is 9.59 Å². The Morgan fingerprint density at radius 3 is 2.95 bits per heavy atom. The number of hydrogen-bond acceptors (Lipinski definition) is 4. The molecule has 0 saturated heterocycles. The summed E-state index contributed by atoms with van der Waals surface area (Å²) >= 11 is 0. The maximum atomic E-state index is 11.8. The van der Waals surface area contributed by atoms with Crippen molar-refractivity contribution in [3.05, 3.63) is 36.7 Å². The summed E-state index contributed by atoms with van der Waals surface area (Å²) in [6, 6.07) is 3.65. The first-order chi connectivity index (χ1) is 10.6. The first-order valence-electron chi connectivity index (χ1n) is 7.34. The smallest absolute Gasteiger partial charge is 0.246 e. The molecule has 1 N–H and O–H groups in total. The van der Waals surface area contributed by atoms with Crippen molar-refractivity contribution < 1.29 is 14.3 Å². The molecule has 2 amide bonds. The van der Waals surface area contributed by atoms with Gasteiger partial charge in [0, 0.05) is 19.3 Å². The molecule has 0 unspecified atom stereocenters. The van der Waals surface area contributed by atoms with Crippen LogP contribution >= 0.6 is 0 Å². The van der Waals surface area contributed by atoms with Crippen LogP contribution in [0.4, 0.5) is 0 Å². The van der Waals surface area contributed by atoms with Gasteiger partial charge < -0.3 is 15.0 Å². The molecule has 1 aromatic heterocycles. The van der Waals surface area contributed by atoms with Crippen molar-refractivity contribution in [2.24, 2.45) is 0 Å². The van der Waals surface area contributed by atoms with E-state index in [0.717, 1.165) is 24.3 Å². The molecule has 1 aliphatic carbocycles. The Morgan fingerprint density at radius 1 is 1.55 bits per heavy atom. The Kier molecular flexibility index (Phi) is 5.52. The first-order valence-corrected chi connectivity index (χ1v) is 7.34. The second-order valence-electron chi connectivity index (χ2n) is 5.33. The van der Waals surface area contributed by atoms with Crippen molar-refractivity contribution in [3.8, 4) is 5.75 Å². The minimum Gasteiger partial charge on any atom is -0.490 e. The summed E-state index contributed by atoms with van der Waals surface area (Å²) in [7, 11) is 1.55. The highest BCUT2D eigenvalue weighted by Crippen LogP contribution is 2.24. The number of amides is 2. The molecule has 2 rings (SSSR count). The van der Waals surface area contributed by atoms with Gasteiger partial charge >= 0.3 is 0 Å². The van der Waals surface area contributed by atoms with Gasteiger partial charge in [0.15, 0.2) is 0 Å².